The van der Waals surface area contributed by atoms with Crippen molar-refractivity contribution in [2.24, 2.45) is 5.73 Å². The van der Waals surface area contributed by atoms with E-state index in [0.717, 1.165) is 16.7 Å². The van der Waals surface area contributed by atoms with Crippen molar-refractivity contribution >= 4 is 11.0 Å². The van der Waals surface area contributed by atoms with Crippen LogP contribution in [0.1, 0.15) is 22.6 Å². The number of hydrogen-bond acceptors (Lipinski definition) is 7. The molecule has 1 unspecified atom stereocenters. The zero-order valence-corrected chi connectivity index (χ0v) is 18.0. The molecule has 0 saturated carbocycles. The van der Waals surface area contributed by atoms with Gasteiger partial charge in [0.1, 0.15) is 23.0 Å². The summed E-state index contributed by atoms with van der Waals surface area (Å²) in [5.41, 5.74) is 9.63. The minimum atomic E-state index is -0.763. The van der Waals surface area contributed by atoms with Crippen molar-refractivity contribution in [1.82, 2.24) is 4.98 Å². The van der Waals surface area contributed by atoms with E-state index in [4.69, 9.17) is 19.6 Å². The molecule has 33 heavy (non-hydrogen) atoms. The molecule has 1 atom stereocenters. The van der Waals surface area contributed by atoms with Gasteiger partial charge in [-0.3, -0.25) is 4.98 Å². The van der Waals surface area contributed by atoms with Gasteiger partial charge in [0.15, 0.2) is 5.75 Å². The van der Waals surface area contributed by atoms with Gasteiger partial charge in [-0.2, -0.15) is 5.26 Å². The number of aryl methyl sites for hydroxylation is 1. The molecule has 0 aliphatic carbocycles. The van der Waals surface area contributed by atoms with Crippen LogP contribution in [0.25, 0.3) is 22.1 Å². The van der Waals surface area contributed by atoms with E-state index >= 15 is 0 Å². The van der Waals surface area contributed by atoms with E-state index in [1.54, 1.807) is 31.6 Å². The maximum atomic E-state index is 13.1. The molecule has 0 radical (unpaired) electrons. The molecule has 0 amide bonds. The second-order valence-electron chi connectivity index (χ2n) is 7.76. The average Bonchev–Trinajstić information content (AvgIpc) is 2.84. The lowest BCUT2D eigenvalue weighted by Gasteiger charge is -2.26. The summed E-state index contributed by atoms with van der Waals surface area (Å²) in [6.07, 6.45) is 3.41. The normalized spacial score (nSPS) is 15.0. The predicted molar refractivity (Wildman–Crippen MR) is 123 cm³/mol. The van der Waals surface area contributed by atoms with E-state index < -0.39 is 11.5 Å². The number of nitrogens with two attached hydrogens (primary N) is 1. The quantitative estimate of drug-likeness (QED) is 0.473. The van der Waals surface area contributed by atoms with Crippen LogP contribution in [0.5, 0.6) is 11.5 Å². The first-order chi connectivity index (χ1) is 16.0. The summed E-state index contributed by atoms with van der Waals surface area (Å²) in [4.78, 5) is 17.3. The number of nitriles is 1. The van der Waals surface area contributed by atoms with Gasteiger partial charge in [0.2, 0.25) is 5.88 Å². The van der Waals surface area contributed by atoms with E-state index in [1.165, 1.54) is 0 Å². The van der Waals surface area contributed by atoms with Crippen LogP contribution in [-0.4, -0.2) is 12.1 Å². The Morgan fingerprint density at radius 3 is 2.76 bits per heavy atom. The number of aromatic nitrogens is 1. The van der Waals surface area contributed by atoms with Gasteiger partial charge >= 0.3 is 5.63 Å². The number of hydrogen-bond donors (Lipinski definition) is 1. The van der Waals surface area contributed by atoms with Crippen LogP contribution in [0.4, 0.5) is 0 Å². The Kier molecular flexibility index (Phi) is 4.83. The third kappa shape index (κ3) is 3.29. The number of methoxy groups -OCH3 is 1. The summed E-state index contributed by atoms with van der Waals surface area (Å²) in [6.45, 7) is 1.93. The lowest BCUT2D eigenvalue weighted by Crippen LogP contribution is -2.26. The van der Waals surface area contributed by atoms with Crippen LogP contribution < -0.4 is 20.8 Å². The van der Waals surface area contributed by atoms with Crippen molar-refractivity contribution in [3.8, 4) is 28.7 Å². The van der Waals surface area contributed by atoms with Crippen LogP contribution in [0.2, 0.25) is 0 Å². The molecule has 4 aromatic rings. The second kappa shape index (κ2) is 7.84. The molecular weight excluding hydrogens is 418 g/mol. The number of pyridine rings is 1. The first-order valence-corrected chi connectivity index (χ1v) is 10.2. The largest absolute Gasteiger partial charge is 0.496 e. The number of fused-ring (bicyclic) bond motifs is 3. The van der Waals surface area contributed by atoms with Gasteiger partial charge in [0, 0.05) is 23.5 Å². The predicted octanol–water partition coefficient (Wildman–Crippen LogP) is 4.39. The van der Waals surface area contributed by atoms with Crippen LogP contribution in [0.15, 0.2) is 81.6 Å². The zero-order valence-electron chi connectivity index (χ0n) is 18.0. The molecule has 5 rings (SSSR count). The van der Waals surface area contributed by atoms with Crippen LogP contribution in [-0.2, 0) is 0 Å². The van der Waals surface area contributed by atoms with Gasteiger partial charge in [-0.1, -0.05) is 23.8 Å². The molecule has 2 N–H and O–H groups in total. The Bertz CT molecular complexity index is 1530. The van der Waals surface area contributed by atoms with Crippen LogP contribution in [0.3, 0.4) is 0 Å². The standard InChI is InChI=1S/C26H19N3O4/c1-14-5-7-21-18(10-14)24-23(26(30)32-21)22(19(12-27)25(28)33-24)15-6-8-20(31-2)17(11-15)16-4-3-9-29-13-16/h3-11,13,22H,28H2,1-2H3. The highest BCUT2D eigenvalue weighted by Gasteiger charge is 2.36. The topological polar surface area (TPSA) is 111 Å². The highest BCUT2D eigenvalue weighted by atomic mass is 16.5. The fourth-order valence-electron chi connectivity index (χ4n) is 4.22. The molecule has 7 nitrogen and oxygen atoms in total. The van der Waals surface area contributed by atoms with E-state index in [2.05, 4.69) is 11.1 Å². The van der Waals surface area contributed by atoms with E-state index in [1.807, 2.05) is 43.3 Å². The smallest absolute Gasteiger partial charge is 0.344 e. The molecule has 0 bridgehead atoms. The first kappa shape index (κ1) is 20.3. The molecule has 2 aromatic carbocycles. The van der Waals surface area contributed by atoms with Gasteiger partial charge in [-0.25, -0.2) is 4.79 Å². The maximum Gasteiger partial charge on any atom is 0.344 e. The Labute approximate surface area is 189 Å². The van der Waals surface area contributed by atoms with Crippen molar-refractivity contribution in [1.29, 1.82) is 5.26 Å². The maximum absolute atomic E-state index is 13.1. The SMILES string of the molecule is COc1ccc(C2C(C#N)=C(N)Oc3c2c(=O)oc2ccc(C)cc32)cc1-c1cccnc1. The van der Waals surface area contributed by atoms with Crippen molar-refractivity contribution in [2.75, 3.05) is 7.11 Å². The van der Waals surface area contributed by atoms with Crippen LogP contribution in [0, 0.1) is 18.3 Å². The molecule has 7 heteroatoms. The van der Waals surface area contributed by atoms with Crippen molar-refractivity contribution in [2.45, 2.75) is 12.8 Å². The van der Waals surface area contributed by atoms with Gasteiger partial charge in [0.25, 0.3) is 0 Å². The minimum absolute atomic E-state index is 0.0397. The van der Waals surface area contributed by atoms with Crippen molar-refractivity contribution in [3.63, 3.8) is 0 Å². The number of ether oxygens (including phenoxy) is 2. The Balaban J connectivity index is 1.81. The van der Waals surface area contributed by atoms with Gasteiger partial charge in [-0.15, -0.1) is 0 Å². The van der Waals surface area contributed by atoms with Gasteiger partial charge in [0.05, 0.1) is 24.0 Å². The molecule has 2 aromatic heterocycles. The Morgan fingerprint density at radius 1 is 1.18 bits per heavy atom. The molecule has 0 spiro atoms. The fourth-order valence-corrected chi connectivity index (χ4v) is 4.22. The minimum Gasteiger partial charge on any atom is -0.496 e. The molecule has 1 aliphatic heterocycles. The summed E-state index contributed by atoms with van der Waals surface area (Å²) in [5, 5.41) is 10.5. The third-order valence-corrected chi connectivity index (χ3v) is 5.75. The highest BCUT2D eigenvalue weighted by Crippen LogP contribution is 2.45. The summed E-state index contributed by atoms with van der Waals surface area (Å²) in [6, 6.07) is 16.8. The molecule has 162 valence electrons. The van der Waals surface area contributed by atoms with Gasteiger partial charge in [-0.05, 0) is 42.8 Å². The molecule has 1 aliphatic rings. The number of rotatable bonds is 3. The van der Waals surface area contributed by atoms with Crippen molar-refractivity contribution < 1.29 is 13.9 Å². The molecular formula is C26H19N3O4. The zero-order chi connectivity index (χ0) is 23.1. The highest BCUT2D eigenvalue weighted by molar-refractivity contribution is 5.86. The molecule has 3 heterocycles. The Hall–Kier alpha value is -4.57. The summed E-state index contributed by atoms with van der Waals surface area (Å²) in [7, 11) is 1.58. The molecule has 0 saturated heterocycles. The number of benzene rings is 2. The lowest BCUT2D eigenvalue weighted by atomic mass is 9.82. The third-order valence-electron chi connectivity index (χ3n) is 5.75. The first-order valence-electron chi connectivity index (χ1n) is 10.2. The second-order valence-corrected chi connectivity index (χ2v) is 7.76. The number of nitrogens with zero attached hydrogens (tertiary/aromatic N) is 2. The summed E-state index contributed by atoms with van der Waals surface area (Å²) >= 11 is 0. The van der Waals surface area contributed by atoms with E-state index in [0.29, 0.717) is 28.0 Å². The van der Waals surface area contributed by atoms with Gasteiger partial charge < -0.3 is 19.6 Å². The summed E-state index contributed by atoms with van der Waals surface area (Å²) < 4.78 is 17.0. The fraction of sp³-hybridized carbons (Fsp3) is 0.115. The number of allylic oxidation sites excluding steroid dienone is 1. The molecule has 0 fully saturated rings. The lowest BCUT2D eigenvalue weighted by molar-refractivity contribution is 0.388. The monoisotopic (exact) mass is 437 g/mol. The Morgan fingerprint density at radius 2 is 2.03 bits per heavy atom. The van der Waals surface area contributed by atoms with Crippen LogP contribution >= 0.6 is 0 Å². The van der Waals surface area contributed by atoms with E-state index in [-0.39, 0.29) is 17.0 Å². The summed E-state index contributed by atoms with van der Waals surface area (Å²) in [5.74, 6) is 0.143. The van der Waals surface area contributed by atoms with Crippen molar-refractivity contribution in [3.05, 3.63) is 99.5 Å². The van der Waals surface area contributed by atoms with E-state index in [9.17, 15) is 10.1 Å². The average molecular weight is 437 g/mol.